The Morgan fingerprint density at radius 2 is 1.35 bits per heavy atom. The summed E-state index contributed by atoms with van der Waals surface area (Å²) in [6.45, 7) is 4.53. The van der Waals surface area contributed by atoms with E-state index in [0.29, 0.717) is 5.92 Å². The monoisotopic (exact) mass is 554 g/mol. The zero-order valence-electron chi connectivity index (χ0n) is 23.9. The average molecular weight is 554 g/mol. The SMILES string of the molecule is CC(C)c1cccc2c1c1ccccc1n2-c1cc2c3c(c1)Oc1ccc(-c4ccncc4)cc1B3c1ccccc1O2. The van der Waals surface area contributed by atoms with E-state index in [1.54, 1.807) is 0 Å². The molecule has 5 aromatic carbocycles. The second-order valence-corrected chi connectivity index (χ2v) is 11.8. The van der Waals surface area contributed by atoms with E-state index in [1.165, 1.54) is 27.4 Å². The van der Waals surface area contributed by atoms with Gasteiger partial charge in [0.2, 0.25) is 0 Å². The predicted molar refractivity (Wildman–Crippen MR) is 176 cm³/mol. The molecule has 0 saturated heterocycles. The van der Waals surface area contributed by atoms with Crippen LogP contribution in [0, 0.1) is 0 Å². The molecule has 2 aromatic heterocycles. The topological polar surface area (TPSA) is 36.3 Å². The molecule has 9 rings (SSSR count). The van der Waals surface area contributed by atoms with Crippen molar-refractivity contribution in [2.45, 2.75) is 19.8 Å². The molecule has 0 fully saturated rings. The van der Waals surface area contributed by atoms with Gasteiger partial charge in [0.15, 0.2) is 0 Å². The lowest BCUT2D eigenvalue weighted by molar-refractivity contribution is 0.464. The summed E-state index contributed by atoms with van der Waals surface area (Å²) in [4.78, 5) is 4.21. The van der Waals surface area contributed by atoms with Crippen LogP contribution in [0.25, 0.3) is 38.6 Å². The van der Waals surface area contributed by atoms with Gasteiger partial charge >= 0.3 is 0 Å². The smallest absolute Gasteiger partial charge is 0.260 e. The molecule has 0 radical (unpaired) electrons. The van der Waals surface area contributed by atoms with Gasteiger partial charge in [-0.05, 0) is 69.9 Å². The third-order valence-corrected chi connectivity index (χ3v) is 8.99. The molecule has 7 aromatic rings. The van der Waals surface area contributed by atoms with Gasteiger partial charge in [0.25, 0.3) is 6.71 Å². The molecule has 0 atom stereocenters. The third-order valence-electron chi connectivity index (χ3n) is 8.99. The van der Waals surface area contributed by atoms with E-state index >= 15 is 0 Å². The Morgan fingerprint density at radius 1 is 0.628 bits per heavy atom. The van der Waals surface area contributed by atoms with Crippen molar-refractivity contribution in [1.82, 2.24) is 9.55 Å². The number of benzene rings is 5. The Kier molecular flexibility index (Phi) is 5.15. The van der Waals surface area contributed by atoms with Crippen LogP contribution in [0.2, 0.25) is 0 Å². The second-order valence-electron chi connectivity index (χ2n) is 11.8. The van der Waals surface area contributed by atoms with E-state index in [4.69, 9.17) is 9.47 Å². The van der Waals surface area contributed by atoms with Gasteiger partial charge < -0.3 is 14.0 Å². The molecule has 0 saturated carbocycles. The molecule has 0 spiro atoms. The van der Waals surface area contributed by atoms with Gasteiger partial charge in [0.1, 0.15) is 23.0 Å². The fourth-order valence-corrected chi connectivity index (χ4v) is 7.09. The summed E-state index contributed by atoms with van der Waals surface area (Å²) in [5, 5.41) is 2.56. The molecule has 2 aliphatic heterocycles. The van der Waals surface area contributed by atoms with Crippen LogP contribution < -0.4 is 25.9 Å². The summed E-state index contributed by atoms with van der Waals surface area (Å²) in [7, 11) is 0. The van der Waals surface area contributed by atoms with Crippen LogP contribution >= 0.6 is 0 Å². The quantitative estimate of drug-likeness (QED) is 0.210. The normalized spacial score (nSPS) is 13.0. The summed E-state index contributed by atoms with van der Waals surface area (Å²) in [5.41, 5.74) is 10.4. The molecule has 204 valence electrons. The number of rotatable bonds is 3. The van der Waals surface area contributed by atoms with Crippen LogP contribution in [0.1, 0.15) is 25.3 Å². The molecule has 0 N–H and O–H groups in total. The van der Waals surface area contributed by atoms with Gasteiger partial charge in [-0.25, -0.2) is 0 Å². The highest BCUT2D eigenvalue weighted by molar-refractivity contribution is 6.98. The Hall–Kier alpha value is -5.29. The summed E-state index contributed by atoms with van der Waals surface area (Å²) in [5.74, 6) is 3.84. The number of fused-ring (bicyclic) bond motifs is 7. The lowest BCUT2D eigenvalue weighted by Crippen LogP contribution is -2.57. The molecule has 5 heteroatoms. The Morgan fingerprint density at radius 3 is 2.16 bits per heavy atom. The average Bonchev–Trinajstić information content (AvgIpc) is 3.39. The molecule has 4 nitrogen and oxygen atoms in total. The maximum Gasteiger partial charge on any atom is 0.260 e. The van der Waals surface area contributed by atoms with Crippen molar-refractivity contribution < 1.29 is 9.47 Å². The summed E-state index contributed by atoms with van der Waals surface area (Å²) < 4.78 is 15.8. The van der Waals surface area contributed by atoms with Crippen molar-refractivity contribution in [2.24, 2.45) is 0 Å². The summed E-state index contributed by atoms with van der Waals surface area (Å²) >= 11 is 0. The Balaban J connectivity index is 1.30. The Bertz CT molecular complexity index is 2220. The first-order valence-electron chi connectivity index (χ1n) is 14.8. The first-order valence-corrected chi connectivity index (χ1v) is 14.8. The third kappa shape index (κ3) is 3.55. The number of para-hydroxylation sites is 2. The van der Waals surface area contributed by atoms with Crippen LogP contribution in [0.3, 0.4) is 0 Å². The number of ether oxygens (including phenoxy) is 2. The lowest BCUT2D eigenvalue weighted by Gasteiger charge is -2.33. The highest BCUT2D eigenvalue weighted by atomic mass is 16.5. The van der Waals surface area contributed by atoms with Gasteiger partial charge in [-0.3, -0.25) is 4.98 Å². The van der Waals surface area contributed by atoms with Crippen LogP contribution in [-0.4, -0.2) is 16.3 Å². The van der Waals surface area contributed by atoms with Gasteiger partial charge in [0, 0.05) is 40.8 Å². The second kappa shape index (κ2) is 9.11. The van der Waals surface area contributed by atoms with Crippen LogP contribution in [-0.2, 0) is 0 Å². The standard InChI is InChI=1S/C38H27BN2O2/c1-23(2)27-9-7-12-32-37(27)28-8-3-5-11-31(28)41(32)26-21-35-38-36(22-26)43-34-15-14-25(24-16-18-40-19-17-24)20-30(34)39(38)29-10-4-6-13-33(29)42-35/h3-23H,1-2H3. The molecule has 2 aliphatic rings. The summed E-state index contributed by atoms with van der Waals surface area (Å²) in [6, 6.07) is 38.7. The van der Waals surface area contributed by atoms with E-state index < -0.39 is 0 Å². The highest BCUT2D eigenvalue weighted by Gasteiger charge is 2.40. The first kappa shape index (κ1) is 24.3. The molecular weight excluding hydrogens is 527 g/mol. The van der Waals surface area contributed by atoms with Gasteiger partial charge in [0.05, 0.1) is 16.7 Å². The van der Waals surface area contributed by atoms with Crippen molar-refractivity contribution in [3.8, 4) is 39.8 Å². The molecule has 0 bridgehead atoms. The number of hydrogen-bond donors (Lipinski definition) is 0. The van der Waals surface area contributed by atoms with Crippen molar-refractivity contribution in [2.75, 3.05) is 0 Å². The molecule has 0 aliphatic carbocycles. The Labute approximate surface area is 250 Å². The molecule has 4 heterocycles. The van der Waals surface area contributed by atoms with Crippen LogP contribution in [0.5, 0.6) is 23.0 Å². The van der Waals surface area contributed by atoms with Gasteiger partial charge in [-0.15, -0.1) is 0 Å². The van der Waals surface area contributed by atoms with E-state index in [0.717, 1.165) is 56.2 Å². The van der Waals surface area contributed by atoms with E-state index in [1.807, 2.05) is 30.6 Å². The highest BCUT2D eigenvalue weighted by Crippen LogP contribution is 2.41. The lowest BCUT2D eigenvalue weighted by atomic mass is 9.34. The van der Waals surface area contributed by atoms with Crippen molar-refractivity contribution in [3.05, 3.63) is 127 Å². The van der Waals surface area contributed by atoms with E-state index in [2.05, 4.69) is 114 Å². The fourth-order valence-electron chi connectivity index (χ4n) is 7.09. The van der Waals surface area contributed by atoms with E-state index in [9.17, 15) is 0 Å². The minimum Gasteiger partial charge on any atom is -0.458 e. The van der Waals surface area contributed by atoms with Crippen molar-refractivity contribution in [3.63, 3.8) is 0 Å². The molecule has 0 amide bonds. The zero-order chi connectivity index (χ0) is 28.7. The minimum absolute atomic E-state index is 0.000214. The zero-order valence-corrected chi connectivity index (χ0v) is 23.9. The number of aromatic nitrogens is 2. The number of hydrogen-bond acceptors (Lipinski definition) is 3. The van der Waals surface area contributed by atoms with E-state index in [-0.39, 0.29) is 6.71 Å². The van der Waals surface area contributed by atoms with Gasteiger partial charge in [-0.1, -0.05) is 74.5 Å². The summed E-state index contributed by atoms with van der Waals surface area (Å²) in [6.07, 6.45) is 3.67. The minimum atomic E-state index is 0.000214. The van der Waals surface area contributed by atoms with Crippen LogP contribution in [0.4, 0.5) is 0 Å². The molecule has 0 unspecified atom stereocenters. The van der Waals surface area contributed by atoms with Gasteiger partial charge in [-0.2, -0.15) is 0 Å². The maximum absolute atomic E-state index is 6.75. The predicted octanol–water partition coefficient (Wildman–Crippen LogP) is 7.70. The molecule has 43 heavy (non-hydrogen) atoms. The molecular formula is C38H27BN2O2. The van der Waals surface area contributed by atoms with Crippen molar-refractivity contribution in [1.29, 1.82) is 0 Å². The number of pyridine rings is 1. The number of nitrogens with zero attached hydrogens (tertiary/aromatic N) is 2. The largest absolute Gasteiger partial charge is 0.458 e. The maximum atomic E-state index is 6.75. The first-order chi connectivity index (χ1) is 21.2. The van der Waals surface area contributed by atoms with Crippen LogP contribution in [0.15, 0.2) is 122 Å². The van der Waals surface area contributed by atoms with Crippen molar-refractivity contribution >= 4 is 44.9 Å². The fraction of sp³-hybridized carbons (Fsp3) is 0.0789.